The van der Waals surface area contributed by atoms with Gasteiger partial charge in [-0.1, -0.05) is 6.07 Å². The fraction of sp³-hybridized carbons (Fsp3) is 0.316. The van der Waals surface area contributed by atoms with Gasteiger partial charge in [-0.15, -0.1) is 0 Å². The average molecular weight is 455 g/mol. The molecule has 0 bridgehead atoms. The highest BCUT2D eigenvalue weighted by Crippen LogP contribution is 2.23. The molecule has 0 saturated carbocycles. The van der Waals surface area contributed by atoms with Crippen LogP contribution >= 0.6 is 15.9 Å². The number of halogens is 2. The molecule has 1 saturated heterocycles. The number of carbonyl (C=O) groups excluding carboxylic acids is 1. The van der Waals surface area contributed by atoms with Crippen LogP contribution in [0.3, 0.4) is 0 Å². The first-order chi connectivity index (χ1) is 12.7. The minimum atomic E-state index is -3.60. The molecule has 0 spiro atoms. The summed E-state index contributed by atoms with van der Waals surface area (Å²) in [7, 11) is -3.60. The summed E-state index contributed by atoms with van der Waals surface area (Å²) in [5, 5.41) is 0. The van der Waals surface area contributed by atoms with Crippen LogP contribution in [-0.4, -0.2) is 49.7 Å². The van der Waals surface area contributed by atoms with Gasteiger partial charge in [-0.2, -0.15) is 4.31 Å². The van der Waals surface area contributed by atoms with E-state index in [-0.39, 0.29) is 42.5 Å². The number of sulfonamides is 1. The quantitative estimate of drug-likeness (QED) is 0.714. The lowest BCUT2D eigenvalue weighted by atomic mass is 10.1. The Hall–Kier alpha value is -1.77. The first kappa shape index (κ1) is 20.0. The fourth-order valence-electron chi connectivity index (χ4n) is 2.99. The normalized spacial score (nSPS) is 15.8. The minimum absolute atomic E-state index is 0.202. The lowest BCUT2D eigenvalue weighted by Crippen LogP contribution is -2.50. The van der Waals surface area contributed by atoms with Crippen LogP contribution in [0.2, 0.25) is 0 Å². The Bertz CT molecular complexity index is 986. The van der Waals surface area contributed by atoms with Gasteiger partial charge in [0, 0.05) is 30.7 Å². The van der Waals surface area contributed by atoms with Crippen molar-refractivity contribution in [2.45, 2.75) is 18.7 Å². The van der Waals surface area contributed by atoms with Gasteiger partial charge in [0.25, 0.3) is 5.91 Å². The summed E-state index contributed by atoms with van der Waals surface area (Å²) >= 11 is 3.26. The summed E-state index contributed by atoms with van der Waals surface area (Å²) in [6.45, 7) is 4.72. The van der Waals surface area contributed by atoms with E-state index in [2.05, 4.69) is 15.9 Å². The average Bonchev–Trinajstić information content (AvgIpc) is 2.65. The number of benzene rings is 2. The smallest absolute Gasteiger partial charge is 0.255 e. The van der Waals surface area contributed by atoms with E-state index in [1.54, 1.807) is 23.1 Å². The van der Waals surface area contributed by atoms with Crippen LogP contribution in [0.1, 0.15) is 21.5 Å². The number of hydrogen-bond acceptors (Lipinski definition) is 3. The number of amides is 1. The van der Waals surface area contributed by atoms with Gasteiger partial charge in [0.05, 0.1) is 10.5 Å². The van der Waals surface area contributed by atoms with E-state index in [9.17, 15) is 17.6 Å². The first-order valence-electron chi connectivity index (χ1n) is 8.52. The van der Waals surface area contributed by atoms with Crippen LogP contribution in [0, 0.1) is 19.7 Å². The Balaban J connectivity index is 1.73. The summed E-state index contributed by atoms with van der Waals surface area (Å²) in [6.07, 6.45) is 0. The zero-order valence-corrected chi connectivity index (χ0v) is 17.5. The Labute approximate surface area is 167 Å². The number of aryl methyl sites for hydroxylation is 2. The third-order valence-corrected chi connectivity index (χ3v) is 7.39. The molecule has 1 amide bonds. The Morgan fingerprint density at radius 1 is 1.00 bits per heavy atom. The van der Waals surface area contributed by atoms with Crippen LogP contribution in [0.15, 0.2) is 45.8 Å². The van der Waals surface area contributed by atoms with Gasteiger partial charge in [-0.3, -0.25) is 4.79 Å². The molecule has 0 N–H and O–H groups in total. The SMILES string of the molecule is Cc1ccc(S(=O)(=O)N2CCN(C(=O)c3cc(F)ccc3Br)CC2)cc1C. The molecule has 3 rings (SSSR count). The topological polar surface area (TPSA) is 57.7 Å². The molecule has 144 valence electrons. The molecule has 1 aliphatic rings. The van der Waals surface area contributed by atoms with Gasteiger partial charge < -0.3 is 4.90 Å². The number of nitrogens with zero attached hydrogens (tertiary/aromatic N) is 2. The highest BCUT2D eigenvalue weighted by atomic mass is 79.9. The lowest BCUT2D eigenvalue weighted by molar-refractivity contribution is 0.0696. The Kier molecular flexibility index (Phi) is 5.69. The second-order valence-electron chi connectivity index (χ2n) is 6.57. The Morgan fingerprint density at radius 3 is 2.30 bits per heavy atom. The van der Waals surface area contributed by atoms with Gasteiger partial charge >= 0.3 is 0 Å². The zero-order valence-electron chi connectivity index (χ0n) is 15.1. The van der Waals surface area contributed by atoms with Crippen LogP contribution in [-0.2, 0) is 10.0 Å². The molecule has 0 radical (unpaired) electrons. The van der Waals surface area contributed by atoms with E-state index in [1.165, 1.54) is 22.5 Å². The predicted octanol–water partition coefficient (Wildman–Crippen LogP) is 3.35. The largest absolute Gasteiger partial charge is 0.336 e. The van der Waals surface area contributed by atoms with E-state index in [0.29, 0.717) is 4.47 Å². The highest BCUT2D eigenvalue weighted by Gasteiger charge is 2.31. The van der Waals surface area contributed by atoms with E-state index in [1.807, 2.05) is 13.8 Å². The number of carbonyl (C=O) groups is 1. The third kappa shape index (κ3) is 4.07. The van der Waals surface area contributed by atoms with Gasteiger partial charge in [0.2, 0.25) is 10.0 Å². The maximum absolute atomic E-state index is 13.5. The van der Waals surface area contributed by atoms with Crippen molar-refractivity contribution >= 4 is 31.9 Å². The molecular formula is C19H20BrFN2O3S. The van der Waals surface area contributed by atoms with Gasteiger partial charge in [0.1, 0.15) is 5.82 Å². The van der Waals surface area contributed by atoms with E-state index < -0.39 is 15.8 Å². The first-order valence-corrected chi connectivity index (χ1v) is 10.7. The van der Waals surface area contributed by atoms with E-state index in [4.69, 9.17) is 0 Å². The monoisotopic (exact) mass is 454 g/mol. The molecule has 0 unspecified atom stereocenters. The van der Waals surface area contributed by atoms with Crippen molar-refractivity contribution in [2.24, 2.45) is 0 Å². The van der Waals surface area contributed by atoms with Crippen LogP contribution < -0.4 is 0 Å². The zero-order chi connectivity index (χ0) is 19.8. The molecule has 2 aromatic rings. The maximum atomic E-state index is 13.5. The summed E-state index contributed by atoms with van der Waals surface area (Å²) < 4.78 is 41.1. The van der Waals surface area contributed by atoms with Crippen LogP contribution in [0.5, 0.6) is 0 Å². The molecule has 5 nitrogen and oxygen atoms in total. The van der Waals surface area contributed by atoms with Crippen molar-refractivity contribution in [2.75, 3.05) is 26.2 Å². The molecule has 8 heteroatoms. The molecule has 0 aromatic heterocycles. The maximum Gasteiger partial charge on any atom is 0.255 e. The van der Waals surface area contributed by atoms with Crippen molar-refractivity contribution in [1.82, 2.24) is 9.21 Å². The van der Waals surface area contributed by atoms with Crippen LogP contribution in [0.4, 0.5) is 4.39 Å². The highest BCUT2D eigenvalue weighted by molar-refractivity contribution is 9.10. The summed E-state index contributed by atoms with van der Waals surface area (Å²) in [5.74, 6) is -0.804. The summed E-state index contributed by atoms with van der Waals surface area (Å²) in [5.41, 5.74) is 2.19. The van der Waals surface area contributed by atoms with Gasteiger partial charge in [-0.05, 0) is 71.2 Å². The van der Waals surface area contributed by atoms with Crippen molar-refractivity contribution in [1.29, 1.82) is 0 Å². The van der Waals surface area contributed by atoms with Crippen molar-refractivity contribution < 1.29 is 17.6 Å². The number of piperazine rings is 1. The summed E-state index contributed by atoms with van der Waals surface area (Å²) in [4.78, 5) is 14.5. The molecule has 1 fully saturated rings. The molecule has 1 heterocycles. The molecular weight excluding hydrogens is 435 g/mol. The molecule has 0 atom stereocenters. The van der Waals surface area contributed by atoms with Crippen molar-refractivity contribution in [3.63, 3.8) is 0 Å². The standard InChI is InChI=1S/C19H20BrFN2O3S/c1-13-3-5-16(11-14(13)2)27(25,26)23-9-7-22(8-10-23)19(24)17-12-15(21)4-6-18(17)20/h3-6,11-12H,7-10H2,1-2H3. The Morgan fingerprint density at radius 2 is 1.67 bits per heavy atom. The van der Waals surface area contributed by atoms with E-state index in [0.717, 1.165) is 11.1 Å². The molecule has 27 heavy (non-hydrogen) atoms. The van der Waals surface area contributed by atoms with Gasteiger partial charge in [-0.25, -0.2) is 12.8 Å². The predicted molar refractivity (Wildman–Crippen MR) is 105 cm³/mol. The van der Waals surface area contributed by atoms with Crippen molar-refractivity contribution in [3.8, 4) is 0 Å². The third-order valence-electron chi connectivity index (χ3n) is 4.80. The lowest BCUT2D eigenvalue weighted by Gasteiger charge is -2.34. The van der Waals surface area contributed by atoms with Crippen LogP contribution in [0.25, 0.3) is 0 Å². The molecule has 0 aliphatic carbocycles. The minimum Gasteiger partial charge on any atom is -0.336 e. The summed E-state index contributed by atoms with van der Waals surface area (Å²) in [6, 6.07) is 9.02. The van der Waals surface area contributed by atoms with E-state index >= 15 is 0 Å². The fourth-order valence-corrected chi connectivity index (χ4v) is 4.91. The van der Waals surface area contributed by atoms with Gasteiger partial charge in [0.15, 0.2) is 0 Å². The molecule has 2 aromatic carbocycles. The van der Waals surface area contributed by atoms with Crippen molar-refractivity contribution in [3.05, 3.63) is 63.4 Å². The second kappa shape index (κ2) is 7.69. The number of hydrogen-bond donors (Lipinski definition) is 0. The molecule has 1 aliphatic heterocycles. The second-order valence-corrected chi connectivity index (χ2v) is 9.36. The number of rotatable bonds is 3.